The molecule has 3 rings (SSSR count). The van der Waals surface area contributed by atoms with Crippen LogP contribution in [0.4, 0.5) is 4.79 Å². The maximum Gasteiger partial charge on any atom is 0.349 e. The second-order valence-corrected chi connectivity index (χ2v) is 5.39. The highest BCUT2D eigenvalue weighted by molar-refractivity contribution is 5.93. The molecule has 1 aliphatic heterocycles. The summed E-state index contributed by atoms with van der Waals surface area (Å²) in [5.41, 5.74) is 1.00. The average molecular weight is 341 g/mol. The van der Waals surface area contributed by atoms with Crippen molar-refractivity contribution in [3.8, 4) is 5.75 Å². The standard InChI is InChI=1S/C18H19N3O4/c22-18(21(23)11-12-24-15-9-5-2-6-10-15)20-17-19-16(13-25-17)14-7-3-1-4-8-14/h1-10,16,23H,11-13H2,(H,19,20,22)/t16-/m1/s1. The van der Waals surface area contributed by atoms with Crippen molar-refractivity contribution in [3.63, 3.8) is 0 Å². The van der Waals surface area contributed by atoms with Gasteiger partial charge in [0.15, 0.2) is 0 Å². The van der Waals surface area contributed by atoms with Gasteiger partial charge in [0.2, 0.25) is 0 Å². The molecule has 130 valence electrons. The van der Waals surface area contributed by atoms with Gasteiger partial charge in [0.1, 0.15) is 25.0 Å². The Morgan fingerprint density at radius 3 is 2.60 bits per heavy atom. The zero-order valence-electron chi connectivity index (χ0n) is 13.5. The molecule has 2 amide bonds. The third-order valence-corrected chi connectivity index (χ3v) is 3.60. The van der Waals surface area contributed by atoms with Crippen LogP contribution in [0.3, 0.4) is 0 Å². The first-order valence-electron chi connectivity index (χ1n) is 7.93. The molecule has 1 aliphatic rings. The second-order valence-electron chi connectivity index (χ2n) is 5.39. The second kappa shape index (κ2) is 8.16. The van der Waals surface area contributed by atoms with Crippen molar-refractivity contribution < 1.29 is 19.5 Å². The number of nitrogens with one attached hydrogen (secondary N) is 1. The number of hydroxylamine groups is 2. The normalized spacial score (nSPS) is 15.9. The zero-order chi connectivity index (χ0) is 17.5. The number of ether oxygens (including phenoxy) is 2. The Morgan fingerprint density at radius 2 is 1.88 bits per heavy atom. The van der Waals surface area contributed by atoms with E-state index in [1.54, 1.807) is 12.1 Å². The molecule has 1 atom stereocenters. The molecule has 1 heterocycles. The minimum atomic E-state index is -0.718. The largest absolute Gasteiger partial charge is 0.492 e. The summed E-state index contributed by atoms with van der Waals surface area (Å²) in [6.07, 6.45) is 0. The molecule has 2 aromatic rings. The van der Waals surface area contributed by atoms with E-state index < -0.39 is 6.03 Å². The molecule has 0 fully saturated rings. The molecule has 7 heteroatoms. The summed E-state index contributed by atoms with van der Waals surface area (Å²) in [5.74, 6) is 0.672. The minimum Gasteiger partial charge on any atom is -0.492 e. The number of para-hydroxylation sites is 1. The first-order valence-corrected chi connectivity index (χ1v) is 7.93. The fourth-order valence-corrected chi connectivity index (χ4v) is 2.31. The topological polar surface area (TPSA) is 83.4 Å². The molecule has 0 spiro atoms. The van der Waals surface area contributed by atoms with Crippen LogP contribution in [-0.4, -0.2) is 42.1 Å². The average Bonchev–Trinajstić information content (AvgIpc) is 3.12. The summed E-state index contributed by atoms with van der Waals surface area (Å²) in [7, 11) is 0. The van der Waals surface area contributed by atoms with E-state index in [-0.39, 0.29) is 25.2 Å². The lowest BCUT2D eigenvalue weighted by molar-refractivity contribution is -0.0487. The van der Waals surface area contributed by atoms with Crippen molar-refractivity contribution >= 4 is 12.1 Å². The van der Waals surface area contributed by atoms with Crippen LogP contribution in [0, 0.1) is 0 Å². The van der Waals surface area contributed by atoms with E-state index in [1.165, 1.54) is 0 Å². The van der Waals surface area contributed by atoms with Gasteiger partial charge in [0, 0.05) is 0 Å². The van der Waals surface area contributed by atoms with Crippen LogP contribution in [-0.2, 0) is 4.74 Å². The van der Waals surface area contributed by atoms with Crippen LogP contribution in [0.25, 0.3) is 0 Å². The Kier molecular flexibility index (Phi) is 5.48. The quantitative estimate of drug-likeness (QED) is 0.647. The van der Waals surface area contributed by atoms with E-state index in [4.69, 9.17) is 9.47 Å². The van der Waals surface area contributed by atoms with Gasteiger partial charge in [-0.3, -0.25) is 10.5 Å². The number of carbonyl (C=O) groups excluding carboxylic acids is 1. The van der Waals surface area contributed by atoms with Gasteiger partial charge in [0.05, 0.1) is 6.54 Å². The first kappa shape index (κ1) is 16.8. The van der Waals surface area contributed by atoms with Crippen LogP contribution in [0.15, 0.2) is 65.7 Å². The molecular weight excluding hydrogens is 322 g/mol. The summed E-state index contributed by atoms with van der Waals surface area (Å²) in [4.78, 5) is 16.2. The van der Waals surface area contributed by atoms with Crippen LogP contribution in [0.1, 0.15) is 11.6 Å². The molecule has 7 nitrogen and oxygen atoms in total. The number of hydrogen-bond donors (Lipinski definition) is 2. The number of rotatable bonds is 5. The van der Waals surface area contributed by atoms with Crippen molar-refractivity contribution in [1.82, 2.24) is 10.4 Å². The number of aliphatic imine (C=N–C) groups is 1. The lowest BCUT2D eigenvalue weighted by Gasteiger charge is -2.15. The molecule has 0 aromatic heterocycles. The molecule has 0 saturated heterocycles. The maximum absolute atomic E-state index is 11.9. The highest BCUT2D eigenvalue weighted by atomic mass is 16.5. The zero-order valence-corrected chi connectivity index (χ0v) is 13.5. The van der Waals surface area contributed by atoms with Gasteiger partial charge in [0.25, 0.3) is 6.02 Å². The van der Waals surface area contributed by atoms with Crippen molar-refractivity contribution in [1.29, 1.82) is 0 Å². The Labute approximate surface area is 145 Å². The van der Waals surface area contributed by atoms with E-state index in [1.807, 2.05) is 48.5 Å². The minimum absolute atomic E-state index is 0.0100. The molecule has 0 saturated carbocycles. The van der Waals surface area contributed by atoms with Crippen LogP contribution in [0.5, 0.6) is 5.75 Å². The highest BCUT2D eigenvalue weighted by Gasteiger charge is 2.23. The van der Waals surface area contributed by atoms with Crippen molar-refractivity contribution in [2.75, 3.05) is 19.8 Å². The SMILES string of the molecule is O=C(NC1=N[C@@H](c2ccccc2)CO1)N(O)CCOc1ccccc1. The van der Waals surface area contributed by atoms with Gasteiger partial charge in [-0.25, -0.2) is 14.9 Å². The van der Waals surface area contributed by atoms with Crippen LogP contribution >= 0.6 is 0 Å². The van der Waals surface area contributed by atoms with Crippen molar-refractivity contribution in [3.05, 3.63) is 66.2 Å². The van der Waals surface area contributed by atoms with Gasteiger partial charge in [-0.15, -0.1) is 0 Å². The third kappa shape index (κ3) is 4.71. The predicted octanol–water partition coefficient (Wildman–Crippen LogP) is 2.59. The number of urea groups is 1. The maximum atomic E-state index is 11.9. The first-order chi connectivity index (χ1) is 12.2. The Morgan fingerprint density at radius 1 is 1.20 bits per heavy atom. The summed E-state index contributed by atoms with van der Waals surface area (Å²) >= 11 is 0. The lowest BCUT2D eigenvalue weighted by Crippen LogP contribution is -2.42. The van der Waals surface area contributed by atoms with E-state index in [0.717, 1.165) is 5.56 Å². The highest BCUT2D eigenvalue weighted by Crippen LogP contribution is 2.21. The van der Waals surface area contributed by atoms with Gasteiger partial charge < -0.3 is 9.47 Å². The molecule has 0 aliphatic carbocycles. The van der Waals surface area contributed by atoms with Gasteiger partial charge in [-0.1, -0.05) is 48.5 Å². The smallest absolute Gasteiger partial charge is 0.349 e. The molecule has 0 bridgehead atoms. The Hall–Kier alpha value is -3.06. The van der Waals surface area contributed by atoms with Gasteiger partial charge in [-0.2, -0.15) is 0 Å². The number of amides is 2. The molecule has 0 unspecified atom stereocenters. The van der Waals surface area contributed by atoms with Crippen LogP contribution in [0.2, 0.25) is 0 Å². The number of nitrogens with zero attached hydrogens (tertiary/aromatic N) is 2. The lowest BCUT2D eigenvalue weighted by atomic mass is 10.1. The van der Waals surface area contributed by atoms with Crippen LogP contribution < -0.4 is 10.1 Å². The molecular formula is C18H19N3O4. The Bertz CT molecular complexity index is 722. The molecule has 25 heavy (non-hydrogen) atoms. The van der Waals surface area contributed by atoms with E-state index in [9.17, 15) is 10.0 Å². The monoisotopic (exact) mass is 341 g/mol. The number of benzene rings is 2. The molecule has 2 N–H and O–H groups in total. The summed E-state index contributed by atoms with van der Waals surface area (Å²) in [6, 6.07) is 18.0. The summed E-state index contributed by atoms with van der Waals surface area (Å²) < 4.78 is 10.8. The molecule has 0 radical (unpaired) electrons. The Balaban J connectivity index is 1.45. The van der Waals surface area contributed by atoms with E-state index in [2.05, 4.69) is 10.3 Å². The molecule has 2 aromatic carbocycles. The third-order valence-electron chi connectivity index (χ3n) is 3.60. The van der Waals surface area contributed by atoms with Crippen molar-refractivity contribution in [2.45, 2.75) is 6.04 Å². The summed E-state index contributed by atoms with van der Waals surface area (Å²) in [5, 5.41) is 12.7. The number of hydrogen-bond acceptors (Lipinski definition) is 5. The predicted molar refractivity (Wildman–Crippen MR) is 91.5 cm³/mol. The fraction of sp³-hybridized carbons (Fsp3) is 0.222. The number of carbonyl (C=O) groups is 1. The van der Waals surface area contributed by atoms with E-state index >= 15 is 0 Å². The van der Waals surface area contributed by atoms with Gasteiger partial charge >= 0.3 is 6.03 Å². The van der Waals surface area contributed by atoms with Crippen molar-refractivity contribution in [2.24, 2.45) is 4.99 Å². The number of amidine groups is 1. The van der Waals surface area contributed by atoms with Gasteiger partial charge in [-0.05, 0) is 17.7 Å². The fourth-order valence-electron chi connectivity index (χ4n) is 2.31. The summed E-state index contributed by atoms with van der Waals surface area (Å²) in [6.45, 7) is 0.520. The van der Waals surface area contributed by atoms with E-state index in [0.29, 0.717) is 17.4 Å².